The number of hydrogen-bond donors (Lipinski definition) is 1. The smallest absolute Gasteiger partial charge is 0.181 e. The lowest BCUT2D eigenvalue weighted by Crippen LogP contribution is -2.39. The van der Waals surface area contributed by atoms with Gasteiger partial charge in [0.15, 0.2) is 5.43 Å². The Kier molecular flexibility index (Phi) is 5.98. The molecule has 0 saturated heterocycles. The number of hydrogen-bond acceptors (Lipinski definition) is 2. The van der Waals surface area contributed by atoms with Gasteiger partial charge in [-0.25, -0.2) is 0 Å². The van der Waals surface area contributed by atoms with Crippen molar-refractivity contribution in [2.75, 3.05) is 6.54 Å². The quantitative estimate of drug-likeness (QED) is 0.788. The summed E-state index contributed by atoms with van der Waals surface area (Å²) in [6.07, 6.45) is 6.05. The van der Waals surface area contributed by atoms with Crippen molar-refractivity contribution in [3.63, 3.8) is 0 Å². The SMILES string of the molecule is CCCNC(Cn1ccc(=O)cc1)C(C)CC. The zero-order chi connectivity index (χ0) is 12.7. The summed E-state index contributed by atoms with van der Waals surface area (Å²) in [5, 5.41) is 3.58. The highest BCUT2D eigenvalue weighted by Gasteiger charge is 2.14. The minimum Gasteiger partial charge on any atom is -0.352 e. The molecular weight excluding hydrogens is 212 g/mol. The molecule has 1 N–H and O–H groups in total. The van der Waals surface area contributed by atoms with E-state index in [9.17, 15) is 4.79 Å². The molecule has 2 atom stereocenters. The standard InChI is InChI=1S/C14H24N2O/c1-4-8-15-14(12(3)5-2)11-16-9-6-13(17)7-10-16/h6-7,9-10,12,14-15H,4-5,8,11H2,1-3H3. The summed E-state index contributed by atoms with van der Waals surface area (Å²) in [7, 11) is 0. The molecule has 17 heavy (non-hydrogen) atoms. The van der Waals surface area contributed by atoms with Gasteiger partial charge in [-0.05, 0) is 18.9 Å². The first-order valence-electron chi connectivity index (χ1n) is 6.56. The average Bonchev–Trinajstić information content (AvgIpc) is 2.36. The second-order valence-corrected chi connectivity index (χ2v) is 4.68. The molecule has 0 spiro atoms. The zero-order valence-electron chi connectivity index (χ0n) is 11.1. The highest BCUT2D eigenvalue weighted by molar-refractivity contribution is 4.94. The van der Waals surface area contributed by atoms with E-state index in [1.165, 1.54) is 6.42 Å². The van der Waals surface area contributed by atoms with Crippen LogP contribution in [0.5, 0.6) is 0 Å². The highest BCUT2D eigenvalue weighted by Crippen LogP contribution is 2.09. The Morgan fingerprint density at radius 1 is 1.29 bits per heavy atom. The predicted molar refractivity (Wildman–Crippen MR) is 72.2 cm³/mol. The average molecular weight is 236 g/mol. The van der Waals surface area contributed by atoms with Crippen LogP contribution in [-0.4, -0.2) is 17.2 Å². The topological polar surface area (TPSA) is 34.0 Å². The Hall–Kier alpha value is -1.09. The fourth-order valence-electron chi connectivity index (χ4n) is 1.85. The van der Waals surface area contributed by atoms with Gasteiger partial charge in [-0.15, -0.1) is 0 Å². The monoisotopic (exact) mass is 236 g/mol. The Morgan fingerprint density at radius 3 is 2.47 bits per heavy atom. The van der Waals surface area contributed by atoms with Crippen LogP contribution in [0.2, 0.25) is 0 Å². The molecule has 3 nitrogen and oxygen atoms in total. The van der Waals surface area contributed by atoms with Crippen LogP contribution in [0.3, 0.4) is 0 Å². The molecule has 1 rings (SSSR count). The summed E-state index contributed by atoms with van der Waals surface area (Å²) in [5.74, 6) is 0.640. The fourth-order valence-corrected chi connectivity index (χ4v) is 1.85. The van der Waals surface area contributed by atoms with Crippen molar-refractivity contribution in [1.29, 1.82) is 0 Å². The van der Waals surface area contributed by atoms with Crippen LogP contribution >= 0.6 is 0 Å². The maximum atomic E-state index is 11.0. The Morgan fingerprint density at radius 2 is 1.94 bits per heavy atom. The molecule has 0 saturated carbocycles. The number of pyridine rings is 1. The van der Waals surface area contributed by atoms with Gasteiger partial charge in [0.1, 0.15) is 0 Å². The minimum absolute atomic E-state index is 0.0721. The zero-order valence-corrected chi connectivity index (χ0v) is 11.1. The summed E-state index contributed by atoms with van der Waals surface area (Å²) in [4.78, 5) is 11.0. The number of nitrogens with zero attached hydrogens (tertiary/aromatic N) is 1. The summed E-state index contributed by atoms with van der Waals surface area (Å²) in [5.41, 5.74) is 0.0721. The molecule has 1 aromatic heterocycles. The van der Waals surface area contributed by atoms with Gasteiger partial charge in [0, 0.05) is 37.1 Å². The lowest BCUT2D eigenvalue weighted by molar-refractivity contribution is 0.329. The van der Waals surface area contributed by atoms with Gasteiger partial charge in [-0.1, -0.05) is 27.2 Å². The molecule has 0 radical (unpaired) electrons. The van der Waals surface area contributed by atoms with E-state index in [0.29, 0.717) is 12.0 Å². The molecule has 0 fully saturated rings. The van der Waals surface area contributed by atoms with Crippen LogP contribution in [0.25, 0.3) is 0 Å². The largest absolute Gasteiger partial charge is 0.352 e. The van der Waals surface area contributed by atoms with Gasteiger partial charge in [0.2, 0.25) is 0 Å². The highest BCUT2D eigenvalue weighted by atomic mass is 16.1. The van der Waals surface area contributed by atoms with Gasteiger partial charge < -0.3 is 9.88 Å². The van der Waals surface area contributed by atoms with Crippen molar-refractivity contribution < 1.29 is 0 Å². The summed E-state index contributed by atoms with van der Waals surface area (Å²) in [6.45, 7) is 8.65. The van der Waals surface area contributed by atoms with Gasteiger partial charge in [0.25, 0.3) is 0 Å². The number of aromatic nitrogens is 1. The van der Waals surface area contributed by atoms with Crippen molar-refractivity contribution in [1.82, 2.24) is 9.88 Å². The first-order chi connectivity index (χ1) is 8.17. The Bertz CT molecular complexity index is 352. The predicted octanol–water partition coefficient (Wildman–Crippen LogP) is 2.26. The van der Waals surface area contributed by atoms with Crippen molar-refractivity contribution in [2.45, 2.75) is 46.2 Å². The van der Waals surface area contributed by atoms with Gasteiger partial charge in [0.05, 0.1) is 0 Å². The van der Waals surface area contributed by atoms with E-state index < -0.39 is 0 Å². The van der Waals surface area contributed by atoms with E-state index in [0.717, 1.165) is 19.5 Å². The first kappa shape index (κ1) is 14.0. The summed E-state index contributed by atoms with van der Waals surface area (Å²) in [6, 6.07) is 3.71. The summed E-state index contributed by atoms with van der Waals surface area (Å²) < 4.78 is 2.08. The van der Waals surface area contributed by atoms with Crippen molar-refractivity contribution in [3.05, 3.63) is 34.7 Å². The molecule has 0 aliphatic rings. The summed E-state index contributed by atoms with van der Waals surface area (Å²) >= 11 is 0. The first-order valence-corrected chi connectivity index (χ1v) is 6.56. The number of nitrogens with one attached hydrogen (secondary N) is 1. The van der Waals surface area contributed by atoms with E-state index >= 15 is 0 Å². The number of rotatable bonds is 7. The van der Waals surface area contributed by atoms with Crippen LogP contribution < -0.4 is 10.7 Å². The molecule has 0 aliphatic heterocycles. The minimum atomic E-state index is 0.0721. The van der Waals surface area contributed by atoms with Crippen LogP contribution in [0.1, 0.15) is 33.6 Å². The molecule has 0 bridgehead atoms. The van der Waals surface area contributed by atoms with E-state index in [-0.39, 0.29) is 5.43 Å². The molecule has 1 heterocycles. The maximum Gasteiger partial charge on any atom is 0.181 e. The molecule has 0 amide bonds. The lowest BCUT2D eigenvalue weighted by atomic mass is 9.99. The van der Waals surface area contributed by atoms with Crippen molar-refractivity contribution in [3.8, 4) is 0 Å². The normalized spacial score (nSPS) is 14.5. The third-order valence-electron chi connectivity index (χ3n) is 3.26. The van der Waals surface area contributed by atoms with E-state index in [2.05, 4.69) is 30.7 Å². The Balaban J connectivity index is 2.64. The molecule has 3 heteroatoms. The van der Waals surface area contributed by atoms with E-state index in [1.54, 1.807) is 12.1 Å². The van der Waals surface area contributed by atoms with E-state index in [1.807, 2.05) is 12.4 Å². The third kappa shape index (κ3) is 4.73. The van der Waals surface area contributed by atoms with Crippen LogP contribution in [0, 0.1) is 5.92 Å². The third-order valence-corrected chi connectivity index (χ3v) is 3.26. The van der Waals surface area contributed by atoms with Gasteiger partial charge >= 0.3 is 0 Å². The molecule has 0 aromatic carbocycles. The molecule has 1 aromatic rings. The Labute approximate surface area is 104 Å². The van der Waals surface area contributed by atoms with Crippen LogP contribution in [-0.2, 0) is 6.54 Å². The molecule has 96 valence electrons. The van der Waals surface area contributed by atoms with Crippen molar-refractivity contribution >= 4 is 0 Å². The van der Waals surface area contributed by atoms with Crippen LogP contribution in [0.15, 0.2) is 29.3 Å². The fraction of sp³-hybridized carbons (Fsp3) is 0.643. The maximum absolute atomic E-state index is 11.0. The van der Waals surface area contributed by atoms with E-state index in [4.69, 9.17) is 0 Å². The molecule has 0 aliphatic carbocycles. The van der Waals surface area contributed by atoms with Gasteiger partial charge in [-0.3, -0.25) is 4.79 Å². The second-order valence-electron chi connectivity index (χ2n) is 4.68. The lowest BCUT2D eigenvalue weighted by Gasteiger charge is -2.25. The van der Waals surface area contributed by atoms with Gasteiger partial charge in [-0.2, -0.15) is 0 Å². The second kappa shape index (κ2) is 7.28. The molecular formula is C14H24N2O. The van der Waals surface area contributed by atoms with Crippen molar-refractivity contribution in [2.24, 2.45) is 5.92 Å². The van der Waals surface area contributed by atoms with Crippen LogP contribution in [0.4, 0.5) is 0 Å². The molecule has 2 unspecified atom stereocenters.